The fourth-order valence-corrected chi connectivity index (χ4v) is 3.11. The summed E-state index contributed by atoms with van der Waals surface area (Å²) >= 11 is 0. The number of nitrogens with zero attached hydrogens (tertiary/aromatic N) is 3. The number of hydrogen-bond acceptors (Lipinski definition) is 5. The Hall–Kier alpha value is -2.14. The van der Waals surface area contributed by atoms with Gasteiger partial charge in [0.1, 0.15) is 5.75 Å². The molecule has 1 atom stereocenters. The lowest BCUT2D eigenvalue weighted by Gasteiger charge is -2.40. The predicted molar refractivity (Wildman–Crippen MR) is 87.4 cm³/mol. The molecule has 1 unspecified atom stereocenters. The smallest absolute Gasteiger partial charge is 0.220 e. The Morgan fingerprint density at radius 3 is 2.50 bits per heavy atom. The van der Waals surface area contributed by atoms with Crippen LogP contribution in [-0.4, -0.2) is 27.0 Å². The molecule has 0 saturated heterocycles. The maximum Gasteiger partial charge on any atom is 0.220 e. The zero-order valence-corrected chi connectivity index (χ0v) is 13.4. The molecule has 1 aromatic carbocycles. The third kappa shape index (κ3) is 2.41. The van der Waals surface area contributed by atoms with E-state index in [1.165, 1.54) is 0 Å². The molecule has 0 spiro atoms. The largest absolute Gasteiger partial charge is 0.470 e. The first-order valence-electron chi connectivity index (χ1n) is 7.65. The number of ether oxygens (including phenoxy) is 1. The monoisotopic (exact) mass is 298 g/mol. The summed E-state index contributed by atoms with van der Waals surface area (Å²) in [7, 11) is 0. The molecule has 2 aromatic rings. The van der Waals surface area contributed by atoms with E-state index in [2.05, 4.69) is 42.6 Å². The molecule has 1 aromatic heterocycles. The maximum absolute atomic E-state index is 6.29. The summed E-state index contributed by atoms with van der Waals surface area (Å²) in [5.74, 6) is 1.12. The molecule has 2 heterocycles. The molecule has 1 aliphatic heterocycles. The fourth-order valence-electron chi connectivity index (χ4n) is 3.11. The second-order valence-corrected chi connectivity index (χ2v) is 6.13. The summed E-state index contributed by atoms with van der Waals surface area (Å²) in [5, 5.41) is 0. The number of para-hydroxylation sites is 1. The summed E-state index contributed by atoms with van der Waals surface area (Å²) in [4.78, 5) is 11.0. The minimum absolute atomic E-state index is 0.203. The number of nitrogens with two attached hydrogens (primary N) is 1. The van der Waals surface area contributed by atoms with Gasteiger partial charge in [-0.2, -0.15) is 0 Å². The van der Waals surface area contributed by atoms with Gasteiger partial charge < -0.3 is 10.5 Å². The van der Waals surface area contributed by atoms with Crippen LogP contribution in [0.4, 0.5) is 5.95 Å². The van der Waals surface area contributed by atoms with Crippen molar-refractivity contribution >= 4 is 5.95 Å². The minimum Gasteiger partial charge on any atom is -0.470 e. The van der Waals surface area contributed by atoms with Crippen molar-refractivity contribution in [2.24, 2.45) is 0 Å². The Labute approximate surface area is 131 Å². The lowest BCUT2D eigenvalue weighted by atomic mass is 10.00. The Balaban J connectivity index is 2.17. The van der Waals surface area contributed by atoms with Crippen molar-refractivity contribution in [2.45, 2.75) is 46.0 Å². The summed E-state index contributed by atoms with van der Waals surface area (Å²) in [5.41, 5.74) is 8.61. The van der Waals surface area contributed by atoms with E-state index in [1.807, 2.05) is 24.3 Å². The van der Waals surface area contributed by atoms with E-state index >= 15 is 0 Å². The first-order valence-corrected chi connectivity index (χ1v) is 7.65. The van der Waals surface area contributed by atoms with E-state index in [1.54, 1.807) is 6.20 Å². The van der Waals surface area contributed by atoms with Gasteiger partial charge in [0.05, 0.1) is 11.3 Å². The van der Waals surface area contributed by atoms with Gasteiger partial charge in [0, 0.05) is 23.8 Å². The predicted octanol–water partition coefficient (Wildman–Crippen LogP) is 3.24. The van der Waals surface area contributed by atoms with Crippen molar-refractivity contribution in [3.05, 3.63) is 36.0 Å². The van der Waals surface area contributed by atoms with Gasteiger partial charge in [0.15, 0.2) is 6.23 Å². The highest BCUT2D eigenvalue weighted by Gasteiger charge is 2.34. The van der Waals surface area contributed by atoms with Crippen molar-refractivity contribution in [2.75, 3.05) is 5.73 Å². The zero-order valence-electron chi connectivity index (χ0n) is 13.4. The van der Waals surface area contributed by atoms with Gasteiger partial charge >= 0.3 is 0 Å². The standard InChI is InChI=1S/C17H22N4O/c1-10(2)21(11(3)4)16-13-9-19-17(18)20-15(13)12-7-5-6-8-14(12)22-16/h5-11,16H,1-4H3,(H2,18,19,20). The van der Waals surface area contributed by atoms with E-state index in [0.717, 1.165) is 22.6 Å². The molecule has 0 bridgehead atoms. The Morgan fingerprint density at radius 2 is 1.82 bits per heavy atom. The number of fused-ring (bicyclic) bond motifs is 3. The molecule has 0 radical (unpaired) electrons. The molecular formula is C17H22N4O. The molecule has 0 saturated carbocycles. The molecule has 22 heavy (non-hydrogen) atoms. The van der Waals surface area contributed by atoms with Crippen LogP contribution in [0.25, 0.3) is 11.3 Å². The molecule has 0 fully saturated rings. The molecule has 3 rings (SSSR count). The Bertz CT molecular complexity index is 676. The van der Waals surface area contributed by atoms with Crippen LogP contribution in [0.15, 0.2) is 30.5 Å². The van der Waals surface area contributed by atoms with Crippen molar-refractivity contribution in [1.29, 1.82) is 0 Å². The third-order valence-electron chi connectivity index (χ3n) is 3.95. The molecule has 116 valence electrons. The molecule has 5 nitrogen and oxygen atoms in total. The average molecular weight is 298 g/mol. The molecular weight excluding hydrogens is 276 g/mol. The second-order valence-electron chi connectivity index (χ2n) is 6.13. The molecule has 1 aliphatic rings. The van der Waals surface area contributed by atoms with Crippen LogP contribution in [0.1, 0.15) is 39.5 Å². The highest BCUT2D eigenvalue weighted by atomic mass is 16.5. The van der Waals surface area contributed by atoms with E-state index in [9.17, 15) is 0 Å². The number of nitrogen functional groups attached to an aromatic ring is 1. The van der Waals surface area contributed by atoms with Crippen LogP contribution in [0.5, 0.6) is 5.75 Å². The lowest BCUT2D eigenvalue weighted by Crippen LogP contribution is -2.43. The number of anilines is 1. The maximum atomic E-state index is 6.29. The molecule has 0 amide bonds. The SMILES string of the molecule is CC(C)N(C(C)C)C1Oc2ccccc2-c2nc(N)ncc21. The lowest BCUT2D eigenvalue weighted by molar-refractivity contribution is -0.0227. The third-order valence-corrected chi connectivity index (χ3v) is 3.95. The van der Waals surface area contributed by atoms with E-state index in [-0.39, 0.29) is 12.2 Å². The van der Waals surface area contributed by atoms with Crippen molar-refractivity contribution < 1.29 is 4.74 Å². The topological polar surface area (TPSA) is 64.3 Å². The second kappa shape index (κ2) is 5.57. The normalized spacial score (nSPS) is 16.6. The minimum atomic E-state index is -0.203. The van der Waals surface area contributed by atoms with E-state index in [4.69, 9.17) is 10.5 Å². The van der Waals surface area contributed by atoms with Crippen molar-refractivity contribution in [1.82, 2.24) is 14.9 Å². The van der Waals surface area contributed by atoms with Crippen LogP contribution in [0.3, 0.4) is 0 Å². The quantitative estimate of drug-likeness (QED) is 0.942. The summed E-state index contributed by atoms with van der Waals surface area (Å²) in [6.07, 6.45) is 1.58. The first-order chi connectivity index (χ1) is 10.5. The zero-order chi connectivity index (χ0) is 15.9. The van der Waals surface area contributed by atoms with Gasteiger partial charge in [-0.05, 0) is 39.8 Å². The van der Waals surface area contributed by atoms with E-state index < -0.39 is 0 Å². The highest BCUT2D eigenvalue weighted by molar-refractivity contribution is 5.72. The van der Waals surface area contributed by atoms with Crippen LogP contribution < -0.4 is 10.5 Å². The average Bonchev–Trinajstić information content (AvgIpc) is 2.46. The van der Waals surface area contributed by atoms with Gasteiger partial charge in [-0.1, -0.05) is 12.1 Å². The van der Waals surface area contributed by atoms with Gasteiger partial charge in [-0.15, -0.1) is 0 Å². The van der Waals surface area contributed by atoms with Crippen LogP contribution >= 0.6 is 0 Å². The van der Waals surface area contributed by atoms with Gasteiger partial charge in [0.25, 0.3) is 0 Å². The fraction of sp³-hybridized carbons (Fsp3) is 0.412. The van der Waals surface area contributed by atoms with E-state index in [0.29, 0.717) is 12.1 Å². The van der Waals surface area contributed by atoms with Crippen molar-refractivity contribution in [3.8, 4) is 17.0 Å². The number of aromatic nitrogens is 2. The number of benzene rings is 1. The first kappa shape index (κ1) is 14.8. The van der Waals surface area contributed by atoms with Crippen LogP contribution in [0.2, 0.25) is 0 Å². The van der Waals surface area contributed by atoms with Gasteiger partial charge in [-0.3, -0.25) is 4.90 Å². The number of rotatable bonds is 3. The summed E-state index contributed by atoms with van der Waals surface area (Å²) < 4.78 is 6.29. The molecule has 5 heteroatoms. The highest BCUT2D eigenvalue weighted by Crippen LogP contribution is 2.43. The van der Waals surface area contributed by atoms with Gasteiger partial charge in [-0.25, -0.2) is 9.97 Å². The van der Waals surface area contributed by atoms with Crippen molar-refractivity contribution in [3.63, 3.8) is 0 Å². The molecule has 2 N–H and O–H groups in total. The van der Waals surface area contributed by atoms with Crippen LogP contribution in [-0.2, 0) is 0 Å². The van der Waals surface area contributed by atoms with Gasteiger partial charge in [0.2, 0.25) is 5.95 Å². The summed E-state index contributed by atoms with van der Waals surface area (Å²) in [6.45, 7) is 8.67. The molecule has 0 aliphatic carbocycles. The summed E-state index contributed by atoms with van der Waals surface area (Å²) in [6, 6.07) is 8.60. The Kier molecular flexibility index (Phi) is 3.74. The van der Waals surface area contributed by atoms with Crippen LogP contribution in [0, 0.1) is 0 Å². The Morgan fingerprint density at radius 1 is 1.14 bits per heavy atom. The number of hydrogen-bond donors (Lipinski definition) is 1.